The van der Waals surface area contributed by atoms with Crippen LogP contribution in [0.15, 0.2) is 91.0 Å². The van der Waals surface area contributed by atoms with Crippen LogP contribution in [0.1, 0.15) is 5.56 Å². The molecule has 0 aliphatic heterocycles. The minimum Gasteiger partial charge on any atom is -0.429 e. The Hall–Kier alpha value is -4.73. The Morgan fingerprint density at radius 2 is 0.927 bits per heavy atom. The third-order valence-corrected chi connectivity index (χ3v) is 6.20. The average molecular weight is 574 g/mol. The van der Waals surface area contributed by atoms with E-state index >= 15 is 4.39 Å². The van der Waals surface area contributed by atoms with Crippen molar-refractivity contribution in [1.82, 2.24) is 0 Å². The van der Waals surface area contributed by atoms with Gasteiger partial charge in [-0.05, 0) is 46.5 Å². The van der Waals surface area contributed by atoms with Crippen molar-refractivity contribution in [2.45, 2.75) is 6.11 Å². The summed E-state index contributed by atoms with van der Waals surface area (Å²) in [5.74, 6) is -12.3. The Morgan fingerprint density at radius 3 is 1.49 bits per heavy atom. The minimum absolute atomic E-state index is 0.0493. The van der Waals surface area contributed by atoms with Crippen LogP contribution in [0.5, 0.6) is 5.75 Å². The summed E-state index contributed by atoms with van der Waals surface area (Å²) in [5.41, 5.74) is -1.27. The number of benzene rings is 5. The average Bonchev–Trinajstić information content (AvgIpc) is 2.91. The maximum absolute atomic E-state index is 15.0. The lowest BCUT2D eigenvalue weighted by atomic mass is 9.96. The number of hydrogen-bond acceptors (Lipinski definition) is 1. The fourth-order valence-corrected chi connectivity index (χ4v) is 4.27. The van der Waals surface area contributed by atoms with Crippen LogP contribution in [0.3, 0.4) is 0 Å². The molecule has 208 valence electrons. The van der Waals surface area contributed by atoms with Gasteiger partial charge in [0.05, 0.1) is 0 Å². The van der Waals surface area contributed by atoms with Gasteiger partial charge in [0.15, 0.2) is 17.5 Å². The first-order chi connectivity index (χ1) is 19.4. The maximum atomic E-state index is 15.0. The second-order valence-corrected chi connectivity index (χ2v) is 8.89. The van der Waals surface area contributed by atoms with Crippen LogP contribution >= 0.6 is 0 Å². The van der Waals surface area contributed by atoms with E-state index in [9.17, 15) is 35.1 Å². The number of hydrogen-bond donors (Lipinski definition) is 0. The Balaban J connectivity index is 1.44. The highest BCUT2D eigenvalue weighted by atomic mass is 19.3. The molecule has 0 amide bonds. The van der Waals surface area contributed by atoms with Gasteiger partial charge in [0, 0.05) is 23.3 Å². The largest absolute Gasteiger partial charge is 0.432 e. The highest BCUT2D eigenvalue weighted by Gasteiger charge is 2.41. The molecule has 10 heteroatoms. The third-order valence-electron chi connectivity index (χ3n) is 6.20. The SMILES string of the molecule is Fc1cc(-c2ccccc2)ccc1-c1ccc(-c2cc(F)c(C(F)(F)Oc3cc(F)c(F)c(F)c3)c(F)c2)c(F)c1. The number of ether oxygens (including phenoxy) is 1. The molecule has 0 aliphatic carbocycles. The summed E-state index contributed by atoms with van der Waals surface area (Å²) >= 11 is 0. The van der Waals surface area contributed by atoms with Crippen LogP contribution in [-0.2, 0) is 6.11 Å². The van der Waals surface area contributed by atoms with Crippen molar-refractivity contribution < 1.29 is 44.3 Å². The van der Waals surface area contributed by atoms with E-state index in [0.29, 0.717) is 17.7 Å². The van der Waals surface area contributed by atoms with Gasteiger partial charge < -0.3 is 4.74 Å². The summed E-state index contributed by atoms with van der Waals surface area (Å²) < 4.78 is 133. The van der Waals surface area contributed by atoms with Crippen molar-refractivity contribution >= 4 is 0 Å². The predicted octanol–water partition coefficient (Wildman–Crippen LogP) is 9.79. The van der Waals surface area contributed by atoms with Gasteiger partial charge >= 0.3 is 6.11 Å². The number of halogens is 9. The molecule has 41 heavy (non-hydrogen) atoms. The maximum Gasteiger partial charge on any atom is 0.432 e. The first-order valence-corrected chi connectivity index (χ1v) is 11.8. The van der Waals surface area contributed by atoms with Gasteiger partial charge in [-0.15, -0.1) is 0 Å². The van der Waals surface area contributed by atoms with E-state index in [0.717, 1.165) is 17.7 Å². The van der Waals surface area contributed by atoms with Gasteiger partial charge in [-0.25, -0.2) is 30.7 Å². The molecule has 0 N–H and O–H groups in total. The molecule has 5 rings (SSSR count). The van der Waals surface area contributed by atoms with E-state index in [1.54, 1.807) is 30.3 Å². The highest BCUT2D eigenvalue weighted by Crippen LogP contribution is 2.39. The van der Waals surface area contributed by atoms with E-state index in [2.05, 4.69) is 4.74 Å². The first kappa shape index (κ1) is 27.8. The van der Waals surface area contributed by atoms with Crippen LogP contribution in [-0.4, -0.2) is 0 Å². The standard InChI is InChI=1S/C31H15F9O/c32-23-10-17(16-4-2-1-3-5-16)6-8-21(23)18-7-9-22(24(33)11-18)19-12-25(34)29(26(35)13-19)31(39,40)41-20-14-27(36)30(38)28(37)15-20/h1-15H. The molecular weight excluding hydrogens is 559 g/mol. The zero-order chi connectivity index (χ0) is 29.5. The summed E-state index contributed by atoms with van der Waals surface area (Å²) in [6.07, 6.45) is -4.80. The minimum atomic E-state index is -4.80. The van der Waals surface area contributed by atoms with Gasteiger partial charge in [0.2, 0.25) is 0 Å². The molecular formula is C31H15F9O. The second kappa shape index (κ2) is 10.7. The fourth-order valence-electron chi connectivity index (χ4n) is 4.27. The molecule has 0 atom stereocenters. The molecule has 0 fully saturated rings. The summed E-state index contributed by atoms with van der Waals surface area (Å²) in [7, 11) is 0. The van der Waals surface area contributed by atoms with Crippen LogP contribution < -0.4 is 4.74 Å². The van der Waals surface area contributed by atoms with Gasteiger partial charge in [0.1, 0.15) is 34.6 Å². The Bertz CT molecular complexity index is 1720. The molecule has 0 saturated heterocycles. The lowest BCUT2D eigenvalue weighted by molar-refractivity contribution is -0.189. The molecule has 0 saturated carbocycles. The lowest BCUT2D eigenvalue weighted by Crippen LogP contribution is -2.25. The molecule has 0 bridgehead atoms. The van der Waals surface area contributed by atoms with Gasteiger partial charge in [-0.2, -0.15) is 8.78 Å². The summed E-state index contributed by atoms with van der Waals surface area (Å²) in [4.78, 5) is 0. The summed E-state index contributed by atoms with van der Waals surface area (Å²) in [6, 6.07) is 17.6. The smallest absolute Gasteiger partial charge is 0.429 e. The zero-order valence-electron chi connectivity index (χ0n) is 20.5. The van der Waals surface area contributed by atoms with Crippen molar-refractivity contribution in [1.29, 1.82) is 0 Å². The van der Waals surface area contributed by atoms with Crippen LogP contribution in [0.2, 0.25) is 0 Å². The summed E-state index contributed by atoms with van der Waals surface area (Å²) in [6.45, 7) is 0. The highest BCUT2D eigenvalue weighted by molar-refractivity contribution is 5.74. The van der Waals surface area contributed by atoms with Crippen molar-refractivity contribution in [2.75, 3.05) is 0 Å². The van der Waals surface area contributed by atoms with Crippen molar-refractivity contribution in [3.05, 3.63) is 137 Å². The molecule has 5 aromatic rings. The fraction of sp³-hybridized carbons (Fsp3) is 0.0323. The monoisotopic (exact) mass is 574 g/mol. The molecule has 0 aromatic heterocycles. The van der Waals surface area contributed by atoms with Crippen LogP contribution in [0.25, 0.3) is 33.4 Å². The zero-order valence-corrected chi connectivity index (χ0v) is 20.5. The number of alkyl halides is 2. The topological polar surface area (TPSA) is 9.23 Å². The van der Waals surface area contributed by atoms with Gasteiger partial charge in [0.25, 0.3) is 0 Å². The van der Waals surface area contributed by atoms with E-state index in [-0.39, 0.29) is 28.8 Å². The van der Waals surface area contributed by atoms with E-state index < -0.39 is 63.7 Å². The molecule has 0 aliphatic rings. The molecule has 5 aromatic carbocycles. The van der Waals surface area contributed by atoms with E-state index in [4.69, 9.17) is 0 Å². The summed E-state index contributed by atoms with van der Waals surface area (Å²) in [5, 5.41) is 0. The van der Waals surface area contributed by atoms with Crippen molar-refractivity contribution in [2.24, 2.45) is 0 Å². The van der Waals surface area contributed by atoms with Gasteiger partial charge in [-0.3, -0.25) is 0 Å². The predicted molar refractivity (Wildman–Crippen MR) is 133 cm³/mol. The first-order valence-electron chi connectivity index (χ1n) is 11.8. The van der Waals surface area contributed by atoms with Gasteiger partial charge in [-0.1, -0.05) is 54.6 Å². The van der Waals surface area contributed by atoms with Crippen LogP contribution in [0, 0.1) is 40.7 Å². The van der Waals surface area contributed by atoms with Crippen molar-refractivity contribution in [3.8, 4) is 39.1 Å². The normalized spacial score (nSPS) is 11.5. The molecule has 0 heterocycles. The second-order valence-electron chi connectivity index (χ2n) is 8.89. The Morgan fingerprint density at radius 1 is 0.439 bits per heavy atom. The van der Waals surface area contributed by atoms with Crippen molar-refractivity contribution in [3.63, 3.8) is 0 Å². The molecule has 1 nitrogen and oxygen atoms in total. The van der Waals surface area contributed by atoms with Crippen LogP contribution in [0.4, 0.5) is 39.5 Å². The Labute approximate surface area is 227 Å². The van der Waals surface area contributed by atoms with E-state index in [1.807, 2.05) is 6.07 Å². The Kier molecular flexibility index (Phi) is 7.25. The third kappa shape index (κ3) is 5.50. The quantitative estimate of drug-likeness (QED) is 0.145. The van der Waals surface area contributed by atoms with E-state index in [1.165, 1.54) is 18.2 Å². The molecule has 0 spiro atoms. The molecule has 0 unspecified atom stereocenters. The lowest BCUT2D eigenvalue weighted by Gasteiger charge is -2.20. The molecule has 0 radical (unpaired) electrons. The number of rotatable bonds is 6.